The summed E-state index contributed by atoms with van der Waals surface area (Å²) in [5, 5.41) is 27.4. The minimum absolute atomic E-state index is 0.0129. The lowest BCUT2D eigenvalue weighted by Crippen LogP contribution is -2.38. The van der Waals surface area contributed by atoms with Crippen LogP contribution in [0.2, 0.25) is 5.02 Å². The van der Waals surface area contributed by atoms with Crippen LogP contribution in [0.5, 0.6) is 11.5 Å². The maximum absolute atomic E-state index is 14.2. The molecule has 0 spiro atoms. The Morgan fingerprint density at radius 1 is 1.07 bits per heavy atom. The topological polar surface area (TPSA) is 158 Å². The number of nitro benzene ring substituents is 1. The molecular weight excluding hydrogens is 639 g/mol. The molecule has 12 nitrogen and oxygen atoms in total. The van der Waals surface area contributed by atoms with Crippen molar-refractivity contribution in [3.63, 3.8) is 0 Å². The number of carbonyl (C=O) groups is 2. The number of esters is 2. The number of nitrogens with one attached hydrogen (secondary N) is 2. The van der Waals surface area contributed by atoms with Crippen LogP contribution in [-0.2, 0) is 19.1 Å². The van der Waals surface area contributed by atoms with Crippen molar-refractivity contribution in [3.8, 4) is 11.5 Å². The van der Waals surface area contributed by atoms with E-state index in [0.29, 0.717) is 30.2 Å². The summed E-state index contributed by atoms with van der Waals surface area (Å²) in [5.41, 5.74) is -3.90. The van der Waals surface area contributed by atoms with Crippen LogP contribution in [0.3, 0.4) is 0 Å². The Hall–Kier alpha value is -4.34. The third kappa shape index (κ3) is 9.11. The summed E-state index contributed by atoms with van der Waals surface area (Å²) in [6, 6.07) is 10.1. The van der Waals surface area contributed by atoms with Crippen molar-refractivity contribution in [2.24, 2.45) is 0 Å². The van der Waals surface area contributed by atoms with Crippen molar-refractivity contribution >= 4 is 29.2 Å². The number of aliphatic hydroxyl groups is 1. The van der Waals surface area contributed by atoms with Crippen molar-refractivity contribution in [1.82, 2.24) is 10.6 Å². The number of unbranched alkanes of at least 4 members (excludes halogenated alkanes) is 1. The number of benzene rings is 2. The first-order chi connectivity index (χ1) is 21.8. The number of allylic oxidation sites excluding steroid dienone is 2. The van der Waals surface area contributed by atoms with Gasteiger partial charge in [-0.25, -0.2) is 9.59 Å². The van der Waals surface area contributed by atoms with Gasteiger partial charge < -0.3 is 34.7 Å². The molecule has 3 rings (SSSR count). The fraction of sp³-hybridized carbons (Fsp3) is 0.400. The zero-order chi connectivity index (χ0) is 34.0. The van der Waals surface area contributed by atoms with E-state index in [1.807, 2.05) is 0 Å². The summed E-state index contributed by atoms with van der Waals surface area (Å²) in [5.74, 6) is -3.91. The zero-order valence-corrected chi connectivity index (χ0v) is 25.9. The van der Waals surface area contributed by atoms with Gasteiger partial charge in [-0.15, -0.1) is 0 Å². The second-order valence-corrected chi connectivity index (χ2v) is 10.4. The van der Waals surface area contributed by atoms with Gasteiger partial charge in [-0.05, 0) is 44.5 Å². The predicted octanol–water partition coefficient (Wildman–Crippen LogP) is 4.56. The number of aliphatic hydroxyl groups excluding tert-OH is 1. The largest absolute Gasteiger partial charge is 0.493 e. The minimum atomic E-state index is -5.09. The fourth-order valence-electron chi connectivity index (χ4n) is 4.69. The molecule has 46 heavy (non-hydrogen) atoms. The first-order valence-electron chi connectivity index (χ1n) is 13.9. The van der Waals surface area contributed by atoms with E-state index in [-0.39, 0.29) is 42.3 Å². The Morgan fingerprint density at radius 2 is 1.74 bits per heavy atom. The molecule has 2 unspecified atom stereocenters. The molecule has 0 aromatic heterocycles. The number of nitro groups is 1. The van der Waals surface area contributed by atoms with Gasteiger partial charge in [-0.1, -0.05) is 23.7 Å². The number of para-hydroxylation sites is 1. The molecule has 1 aliphatic rings. The van der Waals surface area contributed by atoms with Crippen molar-refractivity contribution in [3.05, 3.63) is 85.7 Å². The second-order valence-electron chi connectivity index (χ2n) is 10.0. The number of dihydropyridines is 1. The first kappa shape index (κ1) is 36.1. The molecule has 1 aliphatic heterocycles. The molecule has 0 fully saturated rings. The van der Waals surface area contributed by atoms with Crippen LogP contribution in [0.1, 0.15) is 31.2 Å². The number of alkyl halides is 3. The summed E-state index contributed by atoms with van der Waals surface area (Å²) < 4.78 is 63.3. The Labute approximate surface area is 267 Å². The fourth-order valence-corrected chi connectivity index (χ4v) is 4.88. The van der Waals surface area contributed by atoms with Gasteiger partial charge in [-0.2, -0.15) is 13.2 Å². The van der Waals surface area contributed by atoms with E-state index in [9.17, 15) is 38.0 Å². The first-order valence-corrected chi connectivity index (χ1v) is 14.3. The van der Waals surface area contributed by atoms with Crippen molar-refractivity contribution in [2.45, 2.75) is 38.0 Å². The minimum Gasteiger partial charge on any atom is -0.493 e. The van der Waals surface area contributed by atoms with Gasteiger partial charge in [0.15, 0.2) is 0 Å². The highest BCUT2D eigenvalue weighted by molar-refractivity contribution is 6.32. The van der Waals surface area contributed by atoms with Crippen LogP contribution in [0.15, 0.2) is 65.0 Å². The molecule has 2 aromatic rings. The Bertz CT molecular complexity index is 1500. The van der Waals surface area contributed by atoms with Crippen molar-refractivity contribution < 1.29 is 51.7 Å². The molecule has 3 N–H and O–H groups in total. The molecule has 16 heteroatoms. The monoisotopic (exact) mass is 671 g/mol. The van der Waals surface area contributed by atoms with E-state index in [2.05, 4.69) is 15.4 Å². The van der Waals surface area contributed by atoms with Gasteiger partial charge in [0.1, 0.15) is 29.9 Å². The number of methoxy groups -OCH3 is 2. The molecule has 0 amide bonds. The SMILES string of the molecule is COC(=O)C1=C(C)NC(C(F)(F)F)=C(C(=O)OC)C1c1cc([N+](=O)[O-])ccc1OCCCCNCC(O)COc1ccccc1Cl. The van der Waals surface area contributed by atoms with Gasteiger partial charge in [0.25, 0.3) is 5.69 Å². The number of rotatable bonds is 15. The molecule has 2 aromatic carbocycles. The number of halogens is 4. The summed E-state index contributed by atoms with van der Waals surface area (Å²) in [6.07, 6.45) is -4.94. The molecule has 0 bridgehead atoms. The van der Waals surface area contributed by atoms with Gasteiger partial charge >= 0.3 is 18.1 Å². The van der Waals surface area contributed by atoms with Gasteiger partial charge in [0, 0.05) is 29.9 Å². The maximum Gasteiger partial charge on any atom is 0.431 e. The van der Waals surface area contributed by atoms with Crippen LogP contribution in [-0.4, -0.2) is 74.8 Å². The number of carbonyl (C=O) groups excluding carboxylic acids is 2. The smallest absolute Gasteiger partial charge is 0.431 e. The quantitative estimate of drug-likeness (QED) is 0.105. The molecule has 1 heterocycles. The third-order valence-electron chi connectivity index (χ3n) is 6.83. The summed E-state index contributed by atoms with van der Waals surface area (Å²) in [6.45, 7) is 1.91. The van der Waals surface area contributed by atoms with Gasteiger partial charge in [0.05, 0.1) is 47.8 Å². The third-order valence-corrected chi connectivity index (χ3v) is 7.14. The van der Waals surface area contributed by atoms with E-state index in [4.69, 9.17) is 25.8 Å². The van der Waals surface area contributed by atoms with E-state index >= 15 is 0 Å². The highest BCUT2D eigenvalue weighted by atomic mass is 35.5. The van der Waals surface area contributed by atoms with Crippen LogP contribution in [0, 0.1) is 10.1 Å². The second kappa shape index (κ2) is 16.3. The van der Waals surface area contributed by atoms with Crippen LogP contribution >= 0.6 is 11.6 Å². The number of ether oxygens (including phenoxy) is 4. The Kier molecular flexibility index (Phi) is 12.8. The van der Waals surface area contributed by atoms with E-state index in [0.717, 1.165) is 26.4 Å². The standard InChI is InChI=1S/C30H33ClF3N3O9/c1-17-24(28(39)43-2)25(26(29(40)44-3)27(36-17)30(32,33)34)20-14-18(37(41)42)10-11-22(20)45-13-7-6-12-35-15-19(38)16-46-23-9-5-4-8-21(23)31/h4-5,8-11,14,19,25,35-36,38H,6-7,12-13,15-16H2,1-3H3. The molecule has 0 aliphatic carbocycles. The Morgan fingerprint density at radius 3 is 2.37 bits per heavy atom. The average molecular weight is 672 g/mol. The van der Waals surface area contributed by atoms with Gasteiger partial charge in [-0.3, -0.25) is 10.1 Å². The predicted molar refractivity (Wildman–Crippen MR) is 159 cm³/mol. The van der Waals surface area contributed by atoms with Crippen LogP contribution in [0.4, 0.5) is 18.9 Å². The summed E-state index contributed by atoms with van der Waals surface area (Å²) >= 11 is 6.03. The number of hydrogen-bond acceptors (Lipinski definition) is 11. The van der Waals surface area contributed by atoms with E-state index < -0.39 is 52.0 Å². The lowest BCUT2D eigenvalue weighted by molar-refractivity contribution is -0.384. The van der Waals surface area contributed by atoms with Gasteiger partial charge in [0.2, 0.25) is 0 Å². The number of non-ortho nitro benzene ring substituents is 1. The lowest BCUT2D eigenvalue weighted by atomic mass is 9.79. The van der Waals surface area contributed by atoms with Crippen LogP contribution < -0.4 is 20.1 Å². The maximum atomic E-state index is 14.2. The number of nitrogens with zero attached hydrogens (tertiary/aromatic N) is 1. The summed E-state index contributed by atoms with van der Waals surface area (Å²) in [7, 11) is 1.87. The van der Waals surface area contributed by atoms with Crippen molar-refractivity contribution in [1.29, 1.82) is 0 Å². The Balaban J connectivity index is 1.77. The molecular formula is C30H33ClF3N3O9. The molecule has 2 atom stereocenters. The molecule has 0 saturated heterocycles. The molecule has 0 saturated carbocycles. The highest BCUT2D eigenvalue weighted by Gasteiger charge is 2.48. The van der Waals surface area contributed by atoms with Crippen LogP contribution in [0.25, 0.3) is 0 Å². The normalized spacial score (nSPS) is 15.6. The molecule has 250 valence electrons. The molecule has 0 radical (unpaired) electrons. The van der Waals surface area contributed by atoms with Crippen molar-refractivity contribution in [2.75, 3.05) is 40.5 Å². The highest BCUT2D eigenvalue weighted by Crippen LogP contribution is 2.46. The average Bonchev–Trinajstić information content (AvgIpc) is 3.02. The summed E-state index contributed by atoms with van der Waals surface area (Å²) in [4.78, 5) is 36.6. The lowest BCUT2D eigenvalue weighted by Gasteiger charge is -2.32. The number of hydrogen-bond donors (Lipinski definition) is 3. The van der Waals surface area contributed by atoms with E-state index in [1.54, 1.807) is 24.3 Å². The van der Waals surface area contributed by atoms with E-state index in [1.165, 1.54) is 13.0 Å². The zero-order valence-electron chi connectivity index (χ0n) is 25.1.